The molecule has 8 heteroatoms. The van der Waals surface area contributed by atoms with Crippen molar-refractivity contribution in [2.45, 2.75) is 23.6 Å². The van der Waals surface area contributed by atoms with Gasteiger partial charge in [-0.1, -0.05) is 59.8 Å². The van der Waals surface area contributed by atoms with Crippen LogP contribution in [-0.2, 0) is 16.3 Å². The number of aryl methyl sites for hydroxylation is 1. The maximum atomic E-state index is 11.2. The van der Waals surface area contributed by atoms with Crippen LogP contribution >= 0.6 is 35.1 Å². The molecule has 0 aliphatic carbocycles. The Morgan fingerprint density at radius 3 is 2.67 bits per heavy atom. The first-order valence-corrected chi connectivity index (χ1v) is 10.8. The SMILES string of the molecule is Cc1ccc(Cl)cc1-n1c(CSCc2ccccc2)nnc1SCC(N)=O. The van der Waals surface area contributed by atoms with Crippen LogP contribution in [0.2, 0.25) is 5.02 Å². The summed E-state index contributed by atoms with van der Waals surface area (Å²) in [6, 6.07) is 16.0. The van der Waals surface area contributed by atoms with E-state index in [-0.39, 0.29) is 5.75 Å². The fourth-order valence-electron chi connectivity index (χ4n) is 2.52. The van der Waals surface area contributed by atoms with Crippen LogP contribution in [0.5, 0.6) is 0 Å². The lowest BCUT2D eigenvalue weighted by molar-refractivity contribution is -0.115. The van der Waals surface area contributed by atoms with Gasteiger partial charge in [0.1, 0.15) is 5.82 Å². The lowest BCUT2D eigenvalue weighted by Crippen LogP contribution is -2.14. The van der Waals surface area contributed by atoms with Crippen LogP contribution in [0, 0.1) is 6.92 Å². The quantitative estimate of drug-likeness (QED) is 0.554. The summed E-state index contributed by atoms with van der Waals surface area (Å²) in [4.78, 5) is 11.2. The molecule has 1 aromatic heterocycles. The normalized spacial score (nSPS) is 10.9. The van der Waals surface area contributed by atoms with Crippen LogP contribution in [0.25, 0.3) is 5.69 Å². The molecule has 1 amide bonds. The molecule has 0 spiro atoms. The summed E-state index contributed by atoms with van der Waals surface area (Å²) >= 11 is 9.25. The summed E-state index contributed by atoms with van der Waals surface area (Å²) in [6.07, 6.45) is 0. The summed E-state index contributed by atoms with van der Waals surface area (Å²) in [5.41, 5.74) is 8.51. The van der Waals surface area contributed by atoms with Gasteiger partial charge in [-0.15, -0.1) is 22.0 Å². The maximum absolute atomic E-state index is 11.2. The van der Waals surface area contributed by atoms with Crippen molar-refractivity contribution < 1.29 is 4.79 Å². The number of hydrogen-bond acceptors (Lipinski definition) is 5. The standard InChI is InChI=1S/C19H19ClN4OS2/c1-13-7-8-15(20)9-16(13)24-18(22-23-19(24)27-11-17(21)25)12-26-10-14-5-3-2-4-6-14/h2-9H,10-12H2,1H3,(H2,21,25). The number of primary amides is 1. The van der Waals surface area contributed by atoms with E-state index in [1.165, 1.54) is 17.3 Å². The third kappa shape index (κ3) is 5.28. The van der Waals surface area contributed by atoms with Crippen molar-refractivity contribution in [3.8, 4) is 5.69 Å². The topological polar surface area (TPSA) is 73.8 Å². The van der Waals surface area contributed by atoms with Gasteiger partial charge in [-0.3, -0.25) is 9.36 Å². The number of thioether (sulfide) groups is 2. The molecule has 0 radical (unpaired) electrons. The predicted octanol–water partition coefficient (Wildman–Crippen LogP) is 4.24. The van der Waals surface area contributed by atoms with Crippen molar-refractivity contribution in [1.82, 2.24) is 14.8 Å². The molecular weight excluding hydrogens is 400 g/mol. The monoisotopic (exact) mass is 418 g/mol. The van der Waals surface area contributed by atoms with Crippen molar-refractivity contribution in [3.63, 3.8) is 0 Å². The minimum Gasteiger partial charge on any atom is -0.369 e. The molecule has 140 valence electrons. The van der Waals surface area contributed by atoms with Gasteiger partial charge in [0, 0.05) is 10.8 Å². The van der Waals surface area contributed by atoms with Gasteiger partial charge in [0.05, 0.1) is 17.2 Å². The molecule has 0 saturated heterocycles. The Kier molecular flexibility index (Phi) is 6.82. The summed E-state index contributed by atoms with van der Waals surface area (Å²) < 4.78 is 1.97. The second kappa shape index (κ2) is 9.30. The van der Waals surface area contributed by atoms with Gasteiger partial charge < -0.3 is 5.73 Å². The minimum absolute atomic E-state index is 0.148. The predicted molar refractivity (Wildman–Crippen MR) is 112 cm³/mol. The highest BCUT2D eigenvalue weighted by molar-refractivity contribution is 7.99. The fraction of sp³-hybridized carbons (Fsp3) is 0.211. The van der Waals surface area contributed by atoms with Crippen molar-refractivity contribution in [2.75, 3.05) is 5.75 Å². The molecule has 5 nitrogen and oxygen atoms in total. The molecule has 3 aromatic rings. The molecule has 0 atom stereocenters. The summed E-state index contributed by atoms with van der Waals surface area (Å²) in [6.45, 7) is 2.01. The Morgan fingerprint density at radius 2 is 1.93 bits per heavy atom. The summed E-state index contributed by atoms with van der Waals surface area (Å²) in [5.74, 6) is 2.14. The average molecular weight is 419 g/mol. The second-order valence-corrected chi connectivity index (χ2v) is 8.26. The van der Waals surface area contributed by atoms with E-state index < -0.39 is 5.91 Å². The first-order valence-electron chi connectivity index (χ1n) is 8.28. The molecule has 27 heavy (non-hydrogen) atoms. The minimum atomic E-state index is -0.391. The number of carbonyl (C=O) groups is 1. The highest BCUT2D eigenvalue weighted by Crippen LogP contribution is 2.28. The van der Waals surface area contributed by atoms with Crippen molar-refractivity contribution >= 4 is 41.0 Å². The molecule has 0 bridgehead atoms. The summed E-state index contributed by atoms with van der Waals surface area (Å²) in [7, 11) is 0. The first kappa shape index (κ1) is 19.8. The van der Waals surface area contributed by atoms with Crippen LogP contribution < -0.4 is 5.73 Å². The van der Waals surface area contributed by atoms with Crippen molar-refractivity contribution in [2.24, 2.45) is 5.73 Å². The smallest absolute Gasteiger partial charge is 0.227 e. The average Bonchev–Trinajstić information content (AvgIpc) is 3.05. The van der Waals surface area contributed by atoms with E-state index in [0.29, 0.717) is 15.9 Å². The van der Waals surface area contributed by atoms with Gasteiger partial charge >= 0.3 is 0 Å². The molecule has 0 aliphatic heterocycles. The van der Waals surface area contributed by atoms with Crippen LogP contribution in [0.4, 0.5) is 0 Å². The van der Waals surface area contributed by atoms with Crippen LogP contribution in [-0.4, -0.2) is 26.4 Å². The molecular formula is C19H19ClN4OS2. The van der Waals surface area contributed by atoms with Gasteiger partial charge in [0.25, 0.3) is 0 Å². The highest BCUT2D eigenvalue weighted by Gasteiger charge is 2.17. The number of rotatable bonds is 8. The van der Waals surface area contributed by atoms with E-state index in [4.69, 9.17) is 17.3 Å². The van der Waals surface area contributed by atoms with Gasteiger partial charge in [-0.2, -0.15) is 0 Å². The van der Waals surface area contributed by atoms with E-state index in [1.807, 2.05) is 47.9 Å². The van der Waals surface area contributed by atoms with Crippen molar-refractivity contribution in [3.05, 3.63) is 70.5 Å². The Labute approximate surface area is 171 Å². The number of benzene rings is 2. The van der Waals surface area contributed by atoms with E-state index in [0.717, 1.165) is 22.8 Å². The largest absolute Gasteiger partial charge is 0.369 e. The number of nitrogens with two attached hydrogens (primary N) is 1. The molecule has 2 aromatic carbocycles. The number of carbonyl (C=O) groups excluding carboxylic acids is 1. The molecule has 0 saturated carbocycles. The molecule has 0 aliphatic rings. The van der Waals surface area contributed by atoms with E-state index in [9.17, 15) is 4.79 Å². The van der Waals surface area contributed by atoms with E-state index >= 15 is 0 Å². The molecule has 3 rings (SSSR count). The Morgan fingerprint density at radius 1 is 1.15 bits per heavy atom. The van der Waals surface area contributed by atoms with Gasteiger partial charge in [0.2, 0.25) is 5.91 Å². The number of hydrogen-bond donors (Lipinski definition) is 1. The molecule has 1 heterocycles. The lowest BCUT2D eigenvalue weighted by atomic mass is 10.2. The van der Waals surface area contributed by atoms with E-state index in [2.05, 4.69) is 22.3 Å². The maximum Gasteiger partial charge on any atom is 0.227 e. The zero-order chi connectivity index (χ0) is 19.2. The van der Waals surface area contributed by atoms with Gasteiger partial charge in [-0.25, -0.2) is 0 Å². The number of halogens is 1. The molecule has 2 N–H and O–H groups in total. The first-order chi connectivity index (χ1) is 13.0. The third-order valence-electron chi connectivity index (χ3n) is 3.80. The number of nitrogens with zero attached hydrogens (tertiary/aromatic N) is 3. The van der Waals surface area contributed by atoms with Crippen LogP contribution in [0.15, 0.2) is 53.7 Å². The lowest BCUT2D eigenvalue weighted by Gasteiger charge is -2.13. The highest BCUT2D eigenvalue weighted by atomic mass is 35.5. The van der Waals surface area contributed by atoms with E-state index in [1.54, 1.807) is 11.8 Å². The number of aromatic nitrogens is 3. The fourth-order valence-corrected chi connectivity index (χ4v) is 4.29. The zero-order valence-corrected chi connectivity index (χ0v) is 17.2. The summed E-state index contributed by atoms with van der Waals surface area (Å²) in [5, 5.41) is 9.89. The van der Waals surface area contributed by atoms with Crippen molar-refractivity contribution in [1.29, 1.82) is 0 Å². The van der Waals surface area contributed by atoms with Crippen LogP contribution in [0.1, 0.15) is 17.0 Å². The Balaban J connectivity index is 1.86. The second-order valence-electron chi connectivity index (χ2n) is 5.90. The zero-order valence-electron chi connectivity index (χ0n) is 14.8. The Bertz CT molecular complexity index is 931. The molecule has 0 fully saturated rings. The number of amides is 1. The van der Waals surface area contributed by atoms with Gasteiger partial charge in [-0.05, 0) is 30.2 Å². The molecule has 0 unspecified atom stereocenters. The third-order valence-corrected chi connectivity index (χ3v) is 5.98. The Hall–Kier alpha value is -1.96. The van der Waals surface area contributed by atoms with Gasteiger partial charge in [0.15, 0.2) is 5.16 Å². The van der Waals surface area contributed by atoms with Crippen LogP contribution in [0.3, 0.4) is 0 Å².